The Kier molecular flexibility index (Phi) is 13.3. The van der Waals surface area contributed by atoms with Gasteiger partial charge in [-0.05, 0) is 51.8 Å². The van der Waals surface area contributed by atoms with E-state index in [1.165, 1.54) is 7.05 Å². The van der Waals surface area contributed by atoms with Gasteiger partial charge in [0, 0.05) is 49.3 Å². The van der Waals surface area contributed by atoms with Crippen molar-refractivity contribution in [3.8, 4) is 5.75 Å². The Morgan fingerprint density at radius 2 is 1.66 bits per heavy atom. The Morgan fingerprint density at radius 3 is 2.21 bits per heavy atom. The van der Waals surface area contributed by atoms with Gasteiger partial charge in [0.2, 0.25) is 12.1 Å². The zero-order valence-corrected chi connectivity index (χ0v) is 30.3. The summed E-state index contributed by atoms with van der Waals surface area (Å²) in [6, 6.07) is 10.6. The summed E-state index contributed by atoms with van der Waals surface area (Å²) in [4.78, 5) is 37.8. The van der Waals surface area contributed by atoms with Crippen LogP contribution in [0.2, 0.25) is 0 Å². The molecule has 0 aliphatic rings. The minimum atomic E-state index is -2.33. The van der Waals surface area contributed by atoms with Crippen LogP contribution in [0.5, 0.6) is 5.75 Å². The van der Waals surface area contributed by atoms with Gasteiger partial charge in [0.1, 0.15) is 49.2 Å². The number of aldehydes is 1. The Morgan fingerprint density at radius 1 is 1.04 bits per heavy atom. The summed E-state index contributed by atoms with van der Waals surface area (Å²) in [5.74, 6) is -0.586. The minimum absolute atomic E-state index is 0.154. The Labute approximate surface area is 285 Å². The predicted octanol–water partition coefficient (Wildman–Crippen LogP) is -2.91. The van der Waals surface area contributed by atoms with E-state index in [1.807, 2.05) is 40.7 Å². The summed E-state index contributed by atoms with van der Waals surface area (Å²) in [6.07, 6.45) is 0.835. The highest BCUT2D eigenvalue weighted by Gasteiger charge is 2.49. The number of benzene rings is 2. The van der Waals surface area contributed by atoms with Crippen LogP contribution in [0.3, 0.4) is 0 Å². The smallest absolute Gasteiger partial charge is 0.273 e. The van der Waals surface area contributed by atoms with Crippen molar-refractivity contribution >= 4 is 65.7 Å². The number of hydrogen-bond donors (Lipinski definition) is 3. The first-order valence-corrected chi connectivity index (χ1v) is 16.2. The molecule has 0 saturated heterocycles. The van der Waals surface area contributed by atoms with Crippen LogP contribution >= 0.6 is 0 Å². The van der Waals surface area contributed by atoms with E-state index in [1.54, 1.807) is 61.7 Å². The van der Waals surface area contributed by atoms with Crippen molar-refractivity contribution in [2.45, 2.75) is 87.4 Å². The van der Waals surface area contributed by atoms with Gasteiger partial charge in [0.25, 0.3) is 5.91 Å². The van der Waals surface area contributed by atoms with E-state index in [2.05, 4.69) is 26.3 Å². The number of likely N-dealkylation sites (N-methyl/N-ethyl adjacent to an activating group) is 1. The summed E-state index contributed by atoms with van der Waals surface area (Å²) in [7, 11) is 12.4. The third kappa shape index (κ3) is 9.80. The molecule has 1 unspecified atom stereocenters. The van der Waals surface area contributed by atoms with Crippen LogP contribution in [0.1, 0.15) is 62.8 Å². The van der Waals surface area contributed by atoms with E-state index in [0.717, 1.165) is 4.90 Å². The van der Waals surface area contributed by atoms with Gasteiger partial charge >= 0.3 is 0 Å². The molecule has 2 amide bonds. The SMILES string of the molecule is BC(B)NCC(C)(C)OC(C)(C)Cc1cccc(C(B)(B)Oc2cccc(C)c2C(B)(B)N(C=O)C(O)(CCC=O)C(=O)NC)c1F. The zero-order valence-electron chi connectivity index (χ0n) is 30.3. The molecular formula is C31H50B6FN3O6. The molecule has 0 saturated carbocycles. The second-order valence-electron chi connectivity index (χ2n) is 14.8. The van der Waals surface area contributed by atoms with Gasteiger partial charge in [-0.3, -0.25) is 9.59 Å². The first-order chi connectivity index (χ1) is 21.6. The molecule has 0 heterocycles. The molecule has 2 aromatic rings. The molecular weight excluding hydrogens is 594 g/mol. The van der Waals surface area contributed by atoms with E-state index in [0.29, 0.717) is 59.5 Å². The number of carbonyl (C=O) groups excluding carboxylic acids is 3. The maximum atomic E-state index is 16.4. The van der Waals surface area contributed by atoms with Crippen molar-refractivity contribution in [2.75, 3.05) is 13.6 Å². The second kappa shape index (κ2) is 15.5. The number of hydrogen-bond acceptors (Lipinski definition) is 7. The molecule has 2 rings (SSSR count). The molecule has 0 spiro atoms. The summed E-state index contributed by atoms with van der Waals surface area (Å²) < 4.78 is 29.5. The fraction of sp³-hybridized carbons (Fsp3) is 0.516. The maximum Gasteiger partial charge on any atom is 0.273 e. The average Bonchev–Trinajstić information content (AvgIpc) is 2.94. The summed E-state index contributed by atoms with van der Waals surface area (Å²) in [5, 5.41) is 14.9. The normalized spacial score (nSPS) is 13.9. The lowest BCUT2D eigenvalue weighted by Crippen LogP contribution is -2.65. The number of carbonyl (C=O) groups is 3. The van der Waals surface area contributed by atoms with Crippen LogP contribution in [0.25, 0.3) is 0 Å². The Hall–Kier alpha value is -2.95. The highest BCUT2D eigenvalue weighted by Crippen LogP contribution is 2.39. The van der Waals surface area contributed by atoms with Crippen LogP contribution in [-0.4, -0.2) is 112 Å². The van der Waals surface area contributed by atoms with Crippen LogP contribution in [0.4, 0.5) is 4.39 Å². The summed E-state index contributed by atoms with van der Waals surface area (Å²) in [5.41, 5.74) is -1.44. The second-order valence-corrected chi connectivity index (χ2v) is 14.8. The molecule has 0 fully saturated rings. The van der Waals surface area contributed by atoms with E-state index >= 15 is 4.39 Å². The van der Waals surface area contributed by atoms with E-state index in [-0.39, 0.29) is 12.8 Å². The maximum absolute atomic E-state index is 16.4. The van der Waals surface area contributed by atoms with Gasteiger partial charge < -0.3 is 34.9 Å². The van der Waals surface area contributed by atoms with Gasteiger partial charge in [0.15, 0.2) is 15.7 Å². The van der Waals surface area contributed by atoms with Crippen LogP contribution < -0.4 is 15.4 Å². The highest BCUT2D eigenvalue weighted by atomic mass is 19.1. The van der Waals surface area contributed by atoms with E-state index in [9.17, 15) is 19.5 Å². The van der Waals surface area contributed by atoms with Gasteiger partial charge in [-0.15, -0.1) is 0 Å². The molecule has 250 valence electrons. The highest BCUT2D eigenvalue weighted by molar-refractivity contribution is 6.41. The molecule has 0 aliphatic carbocycles. The fourth-order valence-electron chi connectivity index (χ4n) is 6.36. The molecule has 3 N–H and O–H groups in total. The number of amides is 2. The topological polar surface area (TPSA) is 117 Å². The van der Waals surface area contributed by atoms with Crippen molar-refractivity contribution in [3.63, 3.8) is 0 Å². The van der Waals surface area contributed by atoms with Crippen molar-refractivity contribution < 1.29 is 33.4 Å². The van der Waals surface area contributed by atoms with Crippen molar-refractivity contribution in [1.29, 1.82) is 0 Å². The Bertz CT molecular complexity index is 1430. The van der Waals surface area contributed by atoms with E-state index < -0.39 is 39.4 Å². The Balaban J connectivity index is 2.54. The number of nitrogens with zero attached hydrogens (tertiary/aromatic N) is 1. The van der Waals surface area contributed by atoms with Crippen LogP contribution in [-0.2, 0) is 36.3 Å². The fourth-order valence-corrected chi connectivity index (χ4v) is 6.36. The summed E-state index contributed by atoms with van der Waals surface area (Å²) in [6.45, 7) is 10.4. The molecule has 47 heavy (non-hydrogen) atoms. The number of nitrogens with one attached hydrogen (secondary N) is 2. The number of aliphatic hydroxyl groups is 1. The zero-order chi connectivity index (χ0) is 36.0. The molecule has 0 aromatic heterocycles. The lowest BCUT2D eigenvalue weighted by molar-refractivity contribution is -0.174. The molecule has 9 nitrogen and oxygen atoms in total. The van der Waals surface area contributed by atoms with Gasteiger partial charge in [0.05, 0.1) is 16.6 Å². The summed E-state index contributed by atoms with van der Waals surface area (Å²) >= 11 is 0. The standard InChI is InChI=1S/C31H50B6FN3O6/c1-19-10-7-13-22(23(19)30(34,35)41(18-43)29(45,14-9-15-42)25(44)39-6)46-31(36,37)21-12-8-11-20(24(21)38)16-27(2,3)47-28(4,5)17-40-26(32)33/h7-8,10-13,15,18,26,40,45H,9,14,16-17,32-37H2,1-6H3,(H,39,44). The third-order valence-corrected chi connectivity index (χ3v) is 8.35. The van der Waals surface area contributed by atoms with Crippen molar-refractivity contribution in [1.82, 2.24) is 15.5 Å². The first-order valence-electron chi connectivity index (χ1n) is 16.2. The first kappa shape index (κ1) is 40.2. The number of aryl methyl sites for hydroxylation is 1. The van der Waals surface area contributed by atoms with Gasteiger partial charge in [-0.25, -0.2) is 4.39 Å². The number of ether oxygens (including phenoxy) is 2. The molecule has 2 aromatic carbocycles. The van der Waals surface area contributed by atoms with Gasteiger partial charge in [-0.2, -0.15) is 0 Å². The lowest BCUT2D eigenvalue weighted by atomic mass is 9.55. The number of rotatable bonds is 18. The minimum Gasteiger partial charge on any atom is -0.501 e. The van der Waals surface area contributed by atoms with Crippen LogP contribution in [0.15, 0.2) is 36.4 Å². The van der Waals surface area contributed by atoms with E-state index in [4.69, 9.17) is 9.47 Å². The molecule has 1 atom stereocenters. The molecule has 0 aliphatic heterocycles. The quantitative estimate of drug-likeness (QED) is 0.0906. The monoisotopic (exact) mass is 645 g/mol. The van der Waals surface area contributed by atoms with Gasteiger partial charge in [-0.1, -0.05) is 36.2 Å². The predicted molar refractivity (Wildman–Crippen MR) is 200 cm³/mol. The lowest BCUT2D eigenvalue weighted by Gasteiger charge is -2.47. The molecule has 16 heteroatoms. The van der Waals surface area contributed by atoms with Crippen molar-refractivity contribution in [3.05, 3.63) is 64.5 Å². The average molecular weight is 645 g/mol. The van der Waals surface area contributed by atoms with Crippen molar-refractivity contribution in [2.24, 2.45) is 0 Å². The largest absolute Gasteiger partial charge is 0.501 e. The molecule has 0 radical (unpaired) electrons. The molecule has 0 bridgehead atoms. The third-order valence-electron chi connectivity index (χ3n) is 8.35. The van der Waals surface area contributed by atoms with Crippen LogP contribution in [0, 0.1) is 12.7 Å². The number of halogens is 1.